The summed E-state index contributed by atoms with van der Waals surface area (Å²) in [5.41, 5.74) is 7.63. The average molecular weight is 223 g/mol. The van der Waals surface area contributed by atoms with E-state index >= 15 is 0 Å². The van der Waals surface area contributed by atoms with Crippen LogP contribution in [-0.4, -0.2) is 4.98 Å². The number of hydrogen-bond donors (Lipinski definition) is 2. The number of fused-ring (bicyclic) bond motifs is 1. The monoisotopic (exact) mass is 222 g/mol. The first-order valence-corrected chi connectivity index (χ1v) is 5.01. The number of H-pyrrole nitrogens is 1. The molecule has 0 aliphatic heterocycles. The van der Waals surface area contributed by atoms with Crippen LogP contribution in [0.15, 0.2) is 23.0 Å². The standard InChI is InChI=1S/C11H11ClN2O/c1-6-2-10-7(4-9(6)12)3-8(5-13)11(15)14-10/h2-4H,5,13H2,1H3,(H,14,15). The number of nitrogens with two attached hydrogens (primary N) is 1. The first-order chi connectivity index (χ1) is 7.11. The largest absolute Gasteiger partial charge is 0.326 e. The van der Waals surface area contributed by atoms with Gasteiger partial charge in [0.2, 0.25) is 0 Å². The summed E-state index contributed by atoms with van der Waals surface area (Å²) in [5, 5.41) is 1.60. The second kappa shape index (κ2) is 3.68. The molecule has 0 radical (unpaired) electrons. The van der Waals surface area contributed by atoms with E-state index in [0.29, 0.717) is 10.6 Å². The van der Waals surface area contributed by atoms with Crippen molar-refractivity contribution in [3.63, 3.8) is 0 Å². The molecule has 0 atom stereocenters. The zero-order valence-electron chi connectivity index (χ0n) is 8.30. The Bertz CT molecular complexity index is 575. The van der Waals surface area contributed by atoms with Crippen LogP contribution in [0.5, 0.6) is 0 Å². The van der Waals surface area contributed by atoms with Gasteiger partial charge in [-0.1, -0.05) is 11.6 Å². The van der Waals surface area contributed by atoms with Crippen LogP contribution in [0.2, 0.25) is 5.02 Å². The van der Waals surface area contributed by atoms with Gasteiger partial charge in [0.05, 0.1) is 0 Å². The lowest BCUT2D eigenvalue weighted by atomic mass is 10.1. The molecule has 15 heavy (non-hydrogen) atoms. The van der Waals surface area contributed by atoms with Crippen LogP contribution in [0.1, 0.15) is 11.1 Å². The van der Waals surface area contributed by atoms with Crippen molar-refractivity contribution in [3.8, 4) is 0 Å². The number of hydrogen-bond acceptors (Lipinski definition) is 2. The van der Waals surface area contributed by atoms with E-state index < -0.39 is 0 Å². The highest BCUT2D eigenvalue weighted by Crippen LogP contribution is 2.21. The fraction of sp³-hybridized carbons (Fsp3) is 0.182. The zero-order chi connectivity index (χ0) is 11.0. The van der Waals surface area contributed by atoms with Crippen LogP contribution >= 0.6 is 11.6 Å². The molecule has 3 N–H and O–H groups in total. The molecular formula is C11H11ClN2O. The Labute approximate surface area is 91.9 Å². The lowest BCUT2D eigenvalue weighted by Crippen LogP contribution is -2.15. The van der Waals surface area contributed by atoms with Crippen molar-refractivity contribution in [3.05, 3.63) is 44.7 Å². The Balaban J connectivity index is 2.82. The third kappa shape index (κ3) is 1.76. The molecule has 78 valence electrons. The van der Waals surface area contributed by atoms with E-state index in [1.54, 1.807) is 6.07 Å². The van der Waals surface area contributed by atoms with Crippen molar-refractivity contribution < 1.29 is 0 Å². The van der Waals surface area contributed by atoms with Crippen LogP contribution in [0.4, 0.5) is 0 Å². The number of aromatic amines is 1. The smallest absolute Gasteiger partial charge is 0.252 e. The molecule has 2 aromatic rings. The van der Waals surface area contributed by atoms with Crippen LogP contribution in [0.3, 0.4) is 0 Å². The predicted molar refractivity (Wildman–Crippen MR) is 62.2 cm³/mol. The lowest BCUT2D eigenvalue weighted by Gasteiger charge is -2.04. The molecule has 0 saturated carbocycles. The van der Waals surface area contributed by atoms with Crippen molar-refractivity contribution >= 4 is 22.5 Å². The maximum atomic E-state index is 11.5. The predicted octanol–water partition coefficient (Wildman–Crippen LogP) is 1.95. The molecule has 0 amide bonds. The van der Waals surface area contributed by atoms with Gasteiger partial charge in [-0.3, -0.25) is 4.79 Å². The van der Waals surface area contributed by atoms with E-state index in [9.17, 15) is 4.79 Å². The number of aromatic nitrogens is 1. The zero-order valence-corrected chi connectivity index (χ0v) is 9.06. The molecule has 2 rings (SSSR count). The molecule has 0 unspecified atom stereocenters. The van der Waals surface area contributed by atoms with Gasteiger partial charge in [0.15, 0.2) is 0 Å². The maximum absolute atomic E-state index is 11.5. The molecular weight excluding hydrogens is 212 g/mol. The Morgan fingerprint density at radius 3 is 2.80 bits per heavy atom. The summed E-state index contributed by atoms with van der Waals surface area (Å²) >= 11 is 6.00. The van der Waals surface area contributed by atoms with Crippen LogP contribution in [0.25, 0.3) is 10.9 Å². The average Bonchev–Trinajstić information content (AvgIpc) is 2.20. The van der Waals surface area contributed by atoms with Gasteiger partial charge in [-0.05, 0) is 30.7 Å². The summed E-state index contributed by atoms with van der Waals surface area (Å²) in [7, 11) is 0. The van der Waals surface area contributed by atoms with Crippen molar-refractivity contribution in [1.29, 1.82) is 0 Å². The third-order valence-electron chi connectivity index (χ3n) is 2.42. The SMILES string of the molecule is Cc1cc2[nH]c(=O)c(CN)cc2cc1Cl. The first-order valence-electron chi connectivity index (χ1n) is 4.64. The Hall–Kier alpha value is -1.32. The molecule has 3 nitrogen and oxygen atoms in total. The number of rotatable bonds is 1. The van der Waals surface area contributed by atoms with Crippen molar-refractivity contribution in [2.45, 2.75) is 13.5 Å². The number of pyridine rings is 1. The van der Waals surface area contributed by atoms with E-state index in [2.05, 4.69) is 4.98 Å². The van der Waals surface area contributed by atoms with Crippen LogP contribution < -0.4 is 11.3 Å². The van der Waals surface area contributed by atoms with Crippen LogP contribution in [-0.2, 0) is 6.54 Å². The van der Waals surface area contributed by atoms with Gasteiger partial charge in [-0.25, -0.2) is 0 Å². The maximum Gasteiger partial charge on any atom is 0.252 e. The Kier molecular flexibility index (Phi) is 2.50. The van der Waals surface area contributed by atoms with Crippen molar-refractivity contribution in [1.82, 2.24) is 4.98 Å². The summed E-state index contributed by atoms with van der Waals surface area (Å²) in [4.78, 5) is 14.3. The first kappa shape index (κ1) is 10.2. The highest BCUT2D eigenvalue weighted by molar-refractivity contribution is 6.32. The van der Waals surface area contributed by atoms with Gasteiger partial charge in [0, 0.05) is 28.0 Å². The number of aryl methyl sites for hydroxylation is 1. The van der Waals surface area contributed by atoms with E-state index in [0.717, 1.165) is 16.5 Å². The van der Waals surface area contributed by atoms with Gasteiger partial charge in [0.1, 0.15) is 0 Å². The minimum atomic E-state index is -0.133. The van der Waals surface area contributed by atoms with Crippen molar-refractivity contribution in [2.75, 3.05) is 0 Å². The summed E-state index contributed by atoms with van der Waals surface area (Å²) < 4.78 is 0. The van der Waals surface area contributed by atoms with Gasteiger partial charge in [-0.15, -0.1) is 0 Å². The normalized spacial score (nSPS) is 10.9. The highest BCUT2D eigenvalue weighted by atomic mass is 35.5. The fourth-order valence-corrected chi connectivity index (χ4v) is 1.70. The molecule has 0 spiro atoms. The Morgan fingerprint density at radius 2 is 2.13 bits per heavy atom. The topological polar surface area (TPSA) is 58.9 Å². The molecule has 0 fully saturated rings. The highest BCUT2D eigenvalue weighted by Gasteiger charge is 2.03. The quantitative estimate of drug-likeness (QED) is 0.775. The second-order valence-corrected chi connectivity index (χ2v) is 3.92. The molecule has 0 aliphatic rings. The van der Waals surface area contributed by atoms with E-state index in [1.165, 1.54) is 0 Å². The van der Waals surface area contributed by atoms with Crippen molar-refractivity contribution in [2.24, 2.45) is 5.73 Å². The minimum Gasteiger partial charge on any atom is -0.326 e. The molecule has 0 saturated heterocycles. The summed E-state index contributed by atoms with van der Waals surface area (Å²) in [6, 6.07) is 5.47. The van der Waals surface area contributed by atoms with Gasteiger partial charge in [0.25, 0.3) is 5.56 Å². The van der Waals surface area contributed by atoms with Gasteiger partial charge >= 0.3 is 0 Å². The number of benzene rings is 1. The number of nitrogens with one attached hydrogen (secondary N) is 1. The fourth-order valence-electron chi connectivity index (χ4n) is 1.53. The summed E-state index contributed by atoms with van der Waals surface area (Å²) in [6.07, 6.45) is 0. The van der Waals surface area contributed by atoms with Gasteiger partial charge in [-0.2, -0.15) is 0 Å². The van der Waals surface area contributed by atoms with Gasteiger partial charge < -0.3 is 10.7 Å². The summed E-state index contributed by atoms with van der Waals surface area (Å²) in [5.74, 6) is 0. The molecule has 1 aromatic carbocycles. The van der Waals surface area contributed by atoms with E-state index in [4.69, 9.17) is 17.3 Å². The molecule has 1 aromatic heterocycles. The lowest BCUT2D eigenvalue weighted by molar-refractivity contribution is 1.03. The molecule has 0 bridgehead atoms. The molecule has 0 aliphatic carbocycles. The number of halogens is 1. The minimum absolute atomic E-state index is 0.133. The summed E-state index contributed by atoms with van der Waals surface area (Å²) in [6.45, 7) is 2.13. The molecule has 1 heterocycles. The second-order valence-electron chi connectivity index (χ2n) is 3.52. The van der Waals surface area contributed by atoms with E-state index in [-0.39, 0.29) is 12.1 Å². The van der Waals surface area contributed by atoms with Crippen LogP contribution in [0, 0.1) is 6.92 Å². The Morgan fingerprint density at radius 1 is 1.40 bits per heavy atom. The third-order valence-corrected chi connectivity index (χ3v) is 2.83. The van der Waals surface area contributed by atoms with E-state index in [1.807, 2.05) is 19.1 Å². The molecule has 4 heteroatoms.